The maximum Gasteiger partial charge on any atom is 0.251 e. The Morgan fingerprint density at radius 3 is 3.05 bits per heavy atom. The molecule has 5 nitrogen and oxygen atoms in total. The highest BCUT2D eigenvalue weighted by Gasteiger charge is 2.08. The fourth-order valence-corrected chi connectivity index (χ4v) is 1.94. The summed E-state index contributed by atoms with van der Waals surface area (Å²) >= 11 is 0. The van der Waals surface area contributed by atoms with Gasteiger partial charge in [0.05, 0.1) is 23.5 Å². The van der Waals surface area contributed by atoms with Crippen molar-refractivity contribution in [2.45, 2.75) is 25.9 Å². The second-order valence-corrected chi connectivity index (χ2v) is 4.67. The first-order valence-electron chi connectivity index (χ1n) is 6.49. The van der Waals surface area contributed by atoms with Crippen LogP contribution in [0.2, 0.25) is 0 Å². The van der Waals surface area contributed by atoms with Gasteiger partial charge in [-0.1, -0.05) is 6.92 Å². The van der Waals surface area contributed by atoms with Gasteiger partial charge in [0, 0.05) is 19.2 Å². The van der Waals surface area contributed by atoms with Crippen molar-refractivity contribution in [3.8, 4) is 0 Å². The number of amides is 1. The summed E-state index contributed by atoms with van der Waals surface area (Å²) in [5.74, 6) is -0.129. The molecule has 0 aliphatic rings. The number of benzene rings is 1. The lowest BCUT2D eigenvalue weighted by atomic mass is 10.1. The van der Waals surface area contributed by atoms with Gasteiger partial charge in [-0.25, -0.2) is 4.98 Å². The number of carbonyl (C=O) groups is 1. The van der Waals surface area contributed by atoms with Crippen LogP contribution in [0.4, 0.5) is 0 Å². The van der Waals surface area contributed by atoms with Gasteiger partial charge < -0.3 is 15.0 Å². The van der Waals surface area contributed by atoms with Gasteiger partial charge in [0.25, 0.3) is 5.91 Å². The van der Waals surface area contributed by atoms with Crippen LogP contribution in [0.5, 0.6) is 0 Å². The normalized spacial score (nSPS) is 12.6. The van der Waals surface area contributed by atoms with Crippen molar-refractivity contribution in [3.05, 3.63) is 30.1 Å². The van der Waals surface area contributed by atoms with E-state index in [-0.39, 0.29) is 12.0 Å². The highest BCUT2D eigenvalue weighted by atomic mass is 16.3. The molecule has 0 radical (unpaired) electrons. The van der Waals surface area contributed by atoms with Crippen LogP contribution in [-0.4, -0.2) is 33.2 Å². The Bertz CT molecular complexity index is 577. The van der Waals surface area contributed by atoms with E-state index in [1.807, 2.05) is 24.6 Å². The molecule has 5 heteroatoms. The first-order valence-corrected chi connectivity index (χ1v) is 6.49. The molecule has 1 heterocycles. The van der Waals surface area contributed by atoms with E-state index in [4.69, 9.17) is 0 Å². The molecule has 1 aromatic carbocycles. The van der Waals surface area contributed by atoms with E-state index >= 15 is 0 Å². The van der Waals surface area contributed by atoms with Crippen molar-refractivity contribution in [2.75, 3.05) is 6.54 Å². The number of rotatable bonds is 5. The summed E-state index contributed by atoms with van der Waals surface area (Å²) in [6, 6.07) is 5.45. The van der Waals surface area contributed by atoms with Gasteiger partial charge in [0.1, 0.15) is 0 Å². The molecule has 1 atom stereocenters. The van der Waals surface area contributed by atoms with Crippen LogP contribution < -0.4 is 5.32 Å². The monoisotopic (exact) mass is 261 g/mol. The smallest absolute Gasteiger partial charge is 0.251 e. The summed E-state index contributed by atoms with van der Waals surface area (Å²) in [5.41, 5.74) is 2.40. The van der Waals surface area contributed by atoms with E-state index < -0.39 is 0 Å². The second-order valence-electron chi connectivity index (χ2n) is 4.67. The van der Waals surface area contributed by atoms with E-state index in [0.717, 1.165) is 11.0 Å². The lowest BCUT2D eigenvalue weighted by molar-refractivity contribution is 0.0942. The molecule has 19 heavy (non-hydrogen) atoms. The lowest BCUT2D eigenvalue weighted by Gasteiger charge is -2.08. The lowest BCUT2D eigenvalue weighted by Crippen LogP contribution is -2.26. The van der Waals surface area contributed by atoms with Gasteiger partial charge in [0.2, 0.25) is 0 Å². The van der Waals surface area contributed by atoms with E-state index in [9.17, 15) is 9.90 Å². The van der Waals surface area contributed by atoms with Crippen molar-refractivity contribution in [3.63, 3.8) is 0 Å². The summed E-state index contributed by atoms with van der Waals surface area (Å²) in [7, 11) is 1.92. The molecule has 2 rings (SSSR count). The zero-order valence-electron chi connectivity index (χ0n) is 11.3. The van der Waals surface area contributed by atoms with Crippen LogP contribution in [0.3, 0.4) is 0 Å². The van der Waals surface area contributed by atoms with Gasteiger partial charge in [0.15, 0.2) is 0 Å². The van der Waals surface area contributed by atoms with Crippen molar-refractivity contribution >= 4 is 16.9 Å². The predicted molar refractivity (Wildman–Crippen MR) is 74.0 cm³/mol. The number of hydrogen-bond donors (Lipinski definition) is 2. The van der Waals surface area contributed by atoms with E-state index in [0.29, 0.717) is 24.9 Å². The van der Waals surface area contributed by atoms with E-state index in [1.54, 1.807) is 18.5 Å². The standard InChI is InChI=1S/C14H19N3O2/c1-3-11(18)6-7-15-14(19)10-4-5-13-12(8-10)16-9-17(13)2/h4-5,8-9,11,18H,3,6-7H2,1-2H3,(H,15,19). The average molecular weight is 261 g/mol. The highest BCUT2D eigenvalue weighted by molar-refractivity contribution is 5.97. The topological polar surface area (TPSA) is 67.2 Å². The second kappa shape index (κ2) is 5.84. The predicted octanol–water partition coefficient (Wildman–Crippen LogP) is 1.46. The molecule has 0 aliphatic carbocycles. The van der Waals surface area contributed by atoms with Gasteiger partial charge >= 0.3 is 0 Å². The fraction of sp³-hybridized carbons (Fsp3) is 0.429. The first-order chi connectivity index (χ1) is 9.11. The Kier molecular flexibility index (Phi) is 4.16. The molecule has 2 aromatic rings. The first kappa shape index (κ1) is 13.5. The summed E-state index contributed by atoms with van der Waals surface area (Å²) in [6.45, 7) is 2.40. The molecule has 1 aromatic heterocycles. The summed E-state index contributed by atoms with van der Waals surface area (Å²) in [5, 5.41) is 12.2. The van der Waals surface area contributed by atoms with Crippen LogP contribution in [0, 0.1) is 0 Å². The molecule has 2 N–H and O–H groups in total. The number of aliphatic hydroxyl groups excluding tert-OH is 1. The maximum absolute atomic E-state index is 11.9. The number of hydrogen-bond acceptors (Lipinski definition) is 3. The molecular weight excluding hydrogens is 242 g/mol. The molecule has 0 bridgehead atoms. The minimum absolute atomic E-state index is 0.129. The SMILES string of the molecule is CCC(O)CCNC(=O)c1ccc2c(c1)ncn2C. The number of nitrogens with one attached hydrogen (secondary N) is 1. The van der Waals surface area contributed by atoms with Crippen molar-refractivity contribution < 1.29 is 9.90 Å². The van der Waals surface area contributed by atoms with Crippen LogP contribution in [-0.2, 0) is 7.05 Å². The number of aromatic nitrogens is 2. The average Bonchev–Trinajstić information content (AvgIpc) is 2.79. The van der Waals surface area contributed by atoms with Gasteiger partial charge in [-0.05, 0) is 31.0 Å². The molecule has 0 spiro atoms. The van der Waals surface area contributed by atoms with Crippen molar-refractivity contribution in [2.24, 2.45) is 7.05 Å². The third kappa shape index (κ3) is 3.12. The maximum atomic E-state index is 11.9. The quantitative estimate of drug-likeness (QED) is 0.856. The third-order valence-corrected chi connectivity index (χ3v) is 3.22. The van der Waals surface area contributed by atoms with Crippen LogP contribution in [0.25, 0.3) is 11.0 Å². The zero-order valence-corrected chi connectivity index (χ0v) is 11.3. The number of nitrogens with zero attached hydrogens (tertiary/aromatic N) is 2. The Morgan fingerprint density at radius 2 is 2.32 bits per heavy atom. The minimum atomic E-state index is -0.349. The highest BCUT2D eigenvalue weighted by Crippen LogP contribution is 2.13. The minimum Gasteiger partial charge on any atom is -0.393 e. The van der Waals surface area contributed by atoms with Crippen molar-refractivity contribution in [1.29, 1.82) is 0 Å². The fourth-order valence-electron chi connectivity index (χ4n) is 1.94. The number of aliphatic hydroxyl groups is 1. The van der Waals surface area contributed by atoms with Gasteiger partial charge in [-0.15, -0.1) is 0 Å². The Morgan fingerprint density at radius 1 is 1.53 bits per heavy atom. The largest absolute Gasteiger partial charge is 0.393 e. The van der Waals surface area contributed by atoms with Crippen LogP contribution in [0.1, 0.15) is 30.1 Å². The summed E-state index contributed by atoms with van der Waals surface area (Å²) in [4.78, 5) is 16.2. The molecule has 0 aliphatic heterocycles. The van der Waals surface area contributed by atoms with E-state index in [1.165, 1.54) is 0 Å². The Balaban J connectivity index is 2.01. The molecule has 1 amide bonds. The third-order valence-electron chi connectivity index (χ3n) is 3.22. The number of fused-ring (bicyclic) bond motifs is 1. The van der Waals surface area contributed by atoms with Crippen LogP contribution >= 0.6 is 0 Å². The summed E-state index contributed by atoms with van der Waals surface area (Å²) in [6.07, 6.45) is 2.66. The molecule has 0 saturated heterocycles. The molecule has 0 fully saturated rings. The van der Waals surface area contributed by atoms with E-state index in [2.05, 4.69) is 10.3 Å². The van der Waals surface area contributed by atoms with Gasteiger partial charge in [-0.3, -0.25) is 4.79 Å². The van der Waals surface area contributed by atoms with Crippen LogP contribution in [0.15, 0.2) is 24.5 Å². The Hall–Kier alpha value is -1.88. The summed E-state index contributed by atoms with van der Waals surface area (Å²) < 4.78 is 1.91. The number of imidazole rings is 1. The van der Waals surface area contributed by atoms with Gasteiger partial charge in [-0.2, -0.15) is 0 Å². The number of carbonyl (C=O) groups excluding carboxylic acids is 1. The molecule has 0 saturated carbocycles. The number of aryl methyl sites for hydroxylation is 1. The molecule has 102 valence electrons. The Labute approximate surface area is 112 Å². The zero-order chi connectivity index (χ0) is 13.8. The molecule has 1 unspecified atom stereocenters. The van der Waals surface area contributed by atoms with Crippen molar-refractivity contribution in [1.82, 2.24) is 14.9 Å². The molecular formula is C14H19N3O2.